The molecule has 10 heteroatoms. The largest absolute Gasteiger partial charge is 0.495 e. The molecule has 0 radical (unpaired) electrons. The molecule has 1 saturated heterocycles. The minimum absolute atomic E-state index is 0.00213. The van der Waals surface area contributed by atoms with E-state index in [0.717, 1.165) is 48.6 Å². The lowest BCUT2D eigenvalue weighted by Gasteiger charge is -2.60. The highest BCUT2D eigenvalue weighted by Crippen LogP contribution is 2.51. The van der Waals surface area contributed by atoms with E-state index >= 15 is 0 Å². The molecule has 2 aromatic heterocycles. The van der Waals surface area contributed by atoms with Gasteiger partial charge in [-0.1, -0.05) is 0 Å². The number of aryl methyl sites for hydroxylation is 1. The van der Waals surface area contributed by atoms with Crippen LogP contribution < -0.4 is 14.8 Å². The van der Waals surface area contributed by atoms with E-state index in [1.165, 1.54) is 4.31 Å². The zero-order valence-corrected chi connectivity index (χ0v) is 15.3. The van der Waals surface area contributed by atoms with Gasteiger partial charge < -0.3 is 9.64 Å². The summed E-state index contributed by atoms with van der Waals surface area (Å²) in [6, 6.07) is -0.00213. The lowest BCUT2D eigenvalue weighted by Crippen LogP contribution is -2.67. The summed E-state index contributed by atoms with van der Waals surface area (Å²) in [5.41, 5.74) is 2.13. The van der Waals surface area contributed by atoms with Gasteiger partial charge in [0.2, 0.25) is 0 Å². The Kier molecular flexibility index (Phi) is 3.50. The molecular formula is C15H22N6O3S. The lowest BCUT2D eigenvalue weighted by atomic mass is 9.60. The quantitative estimate of drug-likeness (QED) is 0.826. The van der Waals surface area contributed by atoms with E-state index in [4.69, 9.17) is 9.88 Å². The van der Waals surface area contributed by atoms with Crippen LogP contribution >= 0.6 is 0 Å². The highest BCUT2D eigenvalue weighted by atomic mass is 32.2. The second kappa shape index (κ2) is 5.29. The molecule has 0 amide bonds. The van der Waals surface area contributed by atoms with Crippen LogP contribution in [-0.2, 0) is 10.2 Å². The fourth-order valence-corrected chi connectivity index (χ4v) is 4.70. The van der Waals surface area contributed by atoms with E-state index in [9.17, 15) is 8.42 Å². The molecule has 0 bridgehead atoms. The van der Waals surface area contributed by atoms with Gasteiger partial charge in [-0.05, 0) is 19.8 Å². The molecule has 1 aliphatic carbocycles. The molecule has 2 N–H and O–H groups in total. The third-order valence-electron chi connectivity index (χ3n) is 5.59. The van der Waals surface area contributed by atoms with E-state index in [1.54, 1.807) is 25.0 Å². The molecule has 4 rings (SSSR count). The van der Waals surface area contributed by atoms with Gasteiger partial charge >= 0.3 is 0 Å². The number of aromatic nitrogens is 3. The van der Waals surface area contributed by atoms with E-state index in [0.29, 0.717) is 0 Å². The number of nitrogens with zero attached hydrogens (tertiary/aromatic N) is 5. The smallest absolute Gasteiger partial charge is 0.276 e. The van der Waals surface area contributed by atoms with Crippen molar-refractivity contribution in [1.29, 1.82) is 0 Å². The van der Waals surface area contributed by atoms with Crippen LogP contribution in [0.4, 0.5) is 5.82 Å². The zero-order chi connectivity index (χ0) is 18.0. The van der Waals surface area contributed by atoms with Crippen molar-refractivity contribution in [2.75, 3.05) is 32.1 Å². The molecule has 1 aliphatic heterocycles. The molecule has 1 saturated carbocycles. The van der Waals surface area contributed by atoms with Crippen LogP contribution in [0, 0.1) is 12.3 Å². The third-order valence-corrected chi connectivity index (χ3v) is 6.69. The van der Waals surface area contributed by atoms with Crippen LogP contribution in [0.5, 0.6) is 5.75 Å². The average Bonchev–Trinajstić information content (AvgIpc) is 2.80. The number of fused-ring (bicyclic) bond motifs is 1. The number of ether oxygens (including phenoxy) is 1. The monoisotopic (exact) mass is 366 g/mol. The molecule has 0 aromatic carbocycles. The van der Waals surface area contributed by atoms with Gasteiger partial charge in [-0.15, -0.1) is 0 Å². The first-order chi connectivity index (χ1) is 11.7. The molecule has 3 heterocycles. The van der Waals surface area contributed by atoms with Gasteiger partial charge in [-0.2, -0.15) is 17.8 Å². The molecular weight excluding hydrogens is 344 g/mol. The van der Waals surface area contributed by atoms with E-state index < -0.39 is 10.2 Å². The van der Waals surface area contributed by atoms with Crippen LogP contribution in [0.3, 0.4) is 0 Å². The Morgan fingerprint density at radius 3 is 2.68 bits per heavy atom. The predicted octanol–water partition coefficient (Wildman–Crippen LogP) is 0.150. The van der Waals surface area contributed by atoms with Gasteiger partial charge in [-0.3, -0.25) is 0 Å². The average molecular weight is 366 g/mol. The SMILES string of the molecule is COc1cn2ncnc(N3CC4(CC(N(C)S(N)(=O)=O)C4)C3)c2c1C. The van der Waals surface area contributed by atoms with Crippen LogP contribution in [0.15, 0.2) is 12.5 Å². The maximum Gasteiger partial charge on any atom is 0.276 e. The van der Waals surface area contributed by atoms with Gasteiger partial charge in [0.15, 0.2) is 5.82 Å². The number of anilines is 1. The Bertz CT molecular complexity index is 926. The first-order valence-corrected chi connectivity index (χ1v) is 9.62. The van der Waals surface area contributed by atoms with Crippen molar-refractivity contribution in [3.05, 3.63) is 18.1 Å². The van der Waals surface area contributed by atoms with Crippen molar-refractivity contribution >= 4 is 21.5 Å². The van der Waals surface area contributed by atoms with Crippen molar-refractivity contribution in [2.24, 2.45) is 10.6 Å². The van der Waals surface area contributed by atoms with Crippen molar-refractivity contribution in [3.63, 3.8) is 0 Å². The van der Waals surface area contributed by atoms with Gasteiger partial charge in [0.05, 0.1) is 13.3 Å². The normalized spacial score (nSPS) is 20.1. The highest BCUT2D eigenvalue weighted by Gasteiger charge is 2.55. The summed E-state index contributed by atoms with van der Waals surface area (Å²) >= 11 is 0. The maximum absolute atomic E-state index is 11.4. The second-order valence-electron chi connectivity index (χ2n) is 7.18. The standard InChI is InChI=1S/C15H22N6O3S/c1-10-12(24-3)6-21-13(10)14(17-9-18-21)20-7-15(8-20)4-11(5-15)19(2)25(16,22)23/h6,9,11H,4-5,7-8H2,1-3H3,(H2,16,22,23). The minimum atomic E-state index is -3.62. The first kappa shape index (κ1) is 16.6. The molecule has 0 atom stereocenters. The summed E-state index contributed by atoms with van der Waals surface area (Å²) in [6.45, 7) is 3.72. The lowest BCUT2D eigenvalue weighted by molar-refractivity contribution is 0.0207. The maximum atomic E-state index is 11.4. The van der Waals surface area contributed by atoms with Gasteiger partial charge in [-0.25, -0.2) is 14.6 Å². The highest BCUT2D eigenvalue weighted by molar-refractivity contribution is 7.86. The number of rotatable bonds is 4. The molecule has 136 valence electrons. The summed E-state index contributed by atoms with van der Waals surface area (Å²) in [4.78, 5) is 6.69. The van der Waals surface area contributed by atoms with Crippen molar-refractivity contribution in [3.8, 4) is 5.75 Å². The summed E-state index contributed by atoms with van der Waals surface area (Å²) in [5.74, 6) is 1.68. The molecule has 0 unspecified atom stereocenters. The second-order valence-corrected chi connectivity index (χ2v) is 8.78. The molecule has 2 aromatic rings. The predicted molar refractivity (Wildman–Crippen MR) is 92.8 cm³/mol. The van der Waals surface area contributed by atoms with Crippen LogP contribution in [0.2, 0.25) is 0 Å². The Morgan fingerprint density at radius 2 is 2.08 bits per heavy atom. The Labute approximate surface area is 146 Å². The van der Waals surface area contributed by atoms with E-state index in [1.807, 2.05) is 13.1 Å². The number of nitrogens with two attached hydrogens (primary N) is 1. The summed E-state index contributed by atoms with van der Waals surface area (Å²) in [6.07, 6.45) is 5.07. The van der Waals surface area contributed by atoms with Gasteiger partial charge in [0, 0.05) is 37.2 Å². The van der Waals surface area contributed by atoms with Crippen LogP contribution in [-0.4, -0.2) is 60.6 Å². The minimum Gasteiger partial charge on any atom is -0.495 e. The van der Waals surface area contributed by atoms with Gasteiger partial charge in [0.25, 0.3) is 10.2 Å². The molecule has 2 fully saturated rings. The molecule has 1 spiro atoms. The van der Waals surface area contributed by atoms with Crippen molar-refractivity contribution in [2.45, 2.75) is 25.8 Å². The third kappa shape index (κ3) is 2.47. The van der Waals surface area contributed by atoms with Gasteiger partial charge in [0.1, 0.15) is 17.6 Å². The summed E-state index contributed by atoms with van der Waals surface area (Å²) in [7, 11) is -0.424. The summed E-state index contributed by atoms with van der Waals surface area (Å²) < 4.78 is 31.3. The summed E-state index contributed by atoms with van der Waals surface area (Å²) in [5, 5.41) is 9.46. The fourth-order valence-electron chi connectivity index (χ4n) is 4.13. The zero-order valence-electron chi connectivity index (χ0n) is 14.5. The Morgan fingerprint density at radius 1 is 1.40 bits per heavy atom. The number of hydrogen-bond acceptors (Lipinski definition) is 6. The van der Waals surface area contributed by atoms with E-state index in [-0.39, 0.29) is 11.5 Å². The number of methoxy groups -OCH3 is 1. The number of hydrogen-bond donors (Lipinski definition) is 1. The Hall–Kier alpha value is -1.91. The first-order valence-electron chi connectivity index (χ1n) is 8.12. The van der Waals surface area contributed by atoms with Crippen molar-refractivity contribution < 1.29 is 13.2 Å². The van der Waals surface area contributed by atoms with Crippen LogP contribution in [0.1, 0.15) is 18.4 Å². The van der Waals surface area contributed by atoms with Crippen LogP contribution in [0.25, 0.3) is 5.52 Å². The molecule has 2 aliphatic rings. The Balaban J connectivity index is 1.51. The topological polar surface area (TPSA) is 106 Å². The fraction of sp³-hybridized carbons (Fsp3) is 0.600. The van der Waals surface area contributed by atoms with E-state index in [2.05, 4.69) is 15.0 Å². The molecule has 9 nitrogen and oxygen atoms in total. The molecule has 25 heavy (non-hydrogen) atoms. The van der Waals surface area contributed by atoms with Crippen molar-refractivity contribution in [1.82, 2.24) is 18.9 Å².